The van der Waals surface area contributed by atoms with E-state index in [2.05, 4.69) is 16.7 Å². The molecule has 0 atom stereocenters. The Bertz CT molecular complexity index is 1040. The van der Waals surface area contributed by atoms with Crippen LogP contribution in [0, 0.1) is 20.7 Å². The van der Waals surface area contributed by atoms with Crippen molar-refractivity contribution in [2.24, 2.45) is 0 Å². The monoisotopic (exact) mass is 466 g/mol. The van der Waals surface area contributed by atoms with Gasteiger partial charge in [-0.3, -0.25) is 4.79 Å². The first-order chi connectivity index (χ1) is 12.0. The fourth-order valence-electron chi connectivity index (χ4n) is 2.70. The molecule has 0 aliphatic rings. The molecule has 0 bridgehead atoms. The highest BCUT2D eigenvalue weighted by Crippen LogP contribution is 2.44. The van der Waals surface area contributed by atoms with Crippen molar-refractivity contribution >= 4 is 66.8 Å². The Morgan fingerprint density at radius 3 is 2.84 bits per heavy atom. The Morgan fingerprint density at radius 2 is 2.20 bits per heavy atom. The van der Waals surface area contributed by atoms with Gasteiger partial charge in [-0.05, 0) is 40.3 Å². The lowest BCUT2D eigenvalue weighted by molar-refractivity contribution is -0.105. The number of amides is 1. The van der Waals surface area contributed by atoms with Gasteiger partial charge in [0.25, 0.3) is 0 Å². The number of anilines is 3. The van der Waals surface area contributed by atoms with Crippen LogP contribution in [0.2, 0.25) is 0 Å². The standard InChI is InChI=1S/C17H12FIN4OS/c1-22-17-9(6-20)13-8(3-2-4-12(13)25-17)14-10(19)5-11(23-7-24)16(21)15(14)18/h2-5,7,22H,21H2,1H3,(H,23,24). The number of hydrogen-bond acceptors (Lipinski definition) is 5. The fraction of sp³-hybridized carbons (Fsp3) is 0.0588. The van der Waals surface area contributed by atoms with Gasteiger partial charge in [0, 0.05) is 26.3 Å². The number of thiophene rings is 1. The minimum absolute atomic E-state index is 0.137. The van der Waals surface area contributed by atoms with E-state index in [1.165, 1.54) is 11.3 Å². The lowest BCUT2D eigenvalue weighted by Gasteiger charge is -2.13. The quantitative estimate of drug-likeness (QED) is 0.303. The Labute approximate surface area is 160 Å². The van der Waals surface area contributed by atoms with Crippen molar-refractivity contribution in [3.63, 3.8) is 0 Å². The molecule has 1 heterocycles. The molecule has 0 aliphatic carbocycles. The van der Waals surface area contributed by atoms with E-state index in [4.69, 9.17) is 5.73 Å². The summed E-state index contributed by atoms with van der Waals surface area (Å²) in [6.07, 6.45) is 0.452. The Balaban J connectivity index is 2.38. The third kappa shape index (κ3) is 2.79. The number of hydrogen-bond donors (Lipinski definition) is 3. The summed E-state index contributed by atoms with van der Waals surface area (Å²) in [5.74, 6) is -0.621. The van der Waals surface area contributed by atoms with Crippen molar-refractivity contribution in [2.45, 2.75) is 0 Å². The number of fused-ring (bicyclic) bond motifs is 1. The van der Waals surface area contributed by atoms with E-state index >= 15 is 4.39 Å². The van der Waals surface area contributed by atoms with Gasteiger partial charge in [-0.25, -0.2) is 4.39 Å². The van der Waals surface area contributed by atoms with Crippen LogP contribution >= 0.6 is 33.9 Å². The zero-order valence-corrected chi connectivity index (χ0v) is 16.0. The van der Waals surface area contributed by atoms with E-state index in [9.17, 15) is 10.1 Å². The highest BCUT2D eigenvalue weighted by Gasteiger charge is 2.22. The van der Waals surface area contributed by atoms with E-state index in [-0.39, 0.29) is 11.4 Å². The summed E-state index contributed by atoms with van der Waals surface area (Å²) in [6.45, 7) is 0. The highest BCUT2D eigenvalue weighted by atomic mass is 127. The van der Waals surface area contributed by atoms with Gasteiger partial charge in [0.2, 0.25) is 6.41 Å². The average molecular weight is 466 g/mol. The first kappa shape index (κ1) is 17.4. The maximum absolute atomic E-state index is 15.0. The third-order valence-corrected chi connectivity index (χ3v) is 5.82. The van der Waals surface area contributed by atoms with Crippen LogP contribution in [0.25, 0.3) is 21.2 Å². The average Bonchev–Trinajstić information content (AvgIpc) is 2.98. The molecule has 8 heteroatoms. The second-order valence-corrected chi connectivity index (χ2v) is 7.33. The topological polar surface area (TPSA) is 90.9 Å². The smallest absolute Gasteiger partial charge is 0.211 e. The van der Waals surface area contributed by atoms with Crippen molar-refractivity contribution < 1.29 is 9.18 Å². The van der Waals surface area contributed by atoms with Crippen molar-refractivity contribution in [3.8, 4) is 17.2 Å². The van der Waals surface area contributed by atoms with Crippen LogP contribution in [0.3, 0.4) is 0 Å². The van der Waals surface area contributed by atoms with Gasteiger partial charge in [-0.15, -0.1) is 11.3 Å². The van der Waals surface area contributed by atoms with Crippen molar-refractivity contribution in [2.75, 3.05) is 23.4 Å². The van der Waals surface area contributed by atoms with Crippen molar-refractivity contribution in [1.82, 2.24) is 0 Å². The van der Waals surface area contributed by atoms with Gasteiger partial charge in [-0.1, -0.05) is 12.1 Å². The van der Waals surface area contributed by atoms with Crippen molar-refractivity contribution in [3.05, 3.63) is 39.2 Å². The lowest BCUT2D eigenvalue weighted by Crippen LogP contribution is -2.04. The molecule has 0 fully saturated rings. The molecule has 126 valence electrons. The fourth-order valence-corrected chi connectivity index (χ4v) is 4.57. The van der Waals surface area contributed by atoms with Gasteiger partial charge >= 0.3 is 0 Å². The third-order valence-electron chi connectivity index (χ3n) is 3.79. The molecule has 0 saturated heterocycles. The minimum Gasteiger partial charge on any atom is -0.395 e. The number of nitrogens with zero attached hydrogens (tertiary/aromatic N) is 1. The van der Waals surface area contributed by atoms with E-state index in [0.717, 1.165) is 9.70 Å². The van der Waals surface area contributed by atoms with Crippen molar-refractivity contribution in [1.29, 1.82) is 5.26 Å². The van der Waals surface area contributed by atoms with E-state index in [1.54, 1.807) is 19.2 Å². The normalized spacial score (nSPS) is 10.5. The molecular formula is C17H12FIN4OS. The molecule has 0 radical (unpaired) electrons. The van der Waals surface area contributed by atoms with Gasteiger partial charge in [0.15, 0.2) is 5.82 Å². The molecule has 25 heavy (non-hydrogen) atoms. The van der Waals surface area contributed by atoms with E-state index in [1.807, 2.05) is 34.7 Å². The molecule has 3 rings (SSSR count). The highest BCUT2D eigenvalue weighted by molar-refractivity contribution is 14.1. The summed E-state index contributed by atoms with van der Waals surface area (Å²) in [7, 11) is 1.74. The molecule has 0 spiro atoms. The van der Waals surface area contributed by atoms with Crippen LogP contribution < -0.4 is 16.4 Å². The second-order valence-electron chi connectivity index (χ2n) is 5.12. The Morgan fingerprint density at radius 1 is 1.44 bits per heavy atom. The number of nitrogen functional groups attached to an aromatic ring is 1. The zero-order valence-electron chi connectivity index (χ0n) is 13.0. The van der Waals surface area contributed by atoms with Gasteiger partial charge in [0.05, 0.1) is 16.9 Å². The van der Waals surface area contributed by atoms with Crippen LogP contribution in [0.1, 0.15) is 5.56 Å². The molecule has 0 saturated carbocycles. The Hall–Kier alpha value is -2.38. The molecular weight excluding hydrogens is 454 g/mol. The largest absolute Gasteiger partial charge is 0.395 e. The minimum atomic E-state index is -0.621. The number of nitriles is 1. The maximum atomic E-state index is 15.0. The number of halogens is 2. The van der Waals surface area contributed by atoms with Crippen LogP contribution in [-0.2, 0) is 4.79 Å². The predicted octanol–water partition coefficient (Wildman–Crippen LogP) is 4.38. The summed E-state index contributed by atoms with van der Waals surface area (Å²) in [4.78, 5) is 10.7. The molecule has 4 N–H and O–H groups in total. The molecule has 2 aromatic carbocycles. The summed E-state index contributed by atoms with van der Waals surface area (Å²) in [6, 6.07) is 9.28. The molecule has 5 nitrogen and oxygen atoms in total. The van der Waals surface area contributed by atoms with Crippen LogP contribution in [0.15, 0.2) is 24.3 Å². The second kappa shape index (κ2) is 6.85. The van der Waals surface area contributed by atoms with E-state index in [0.29, 0.717) is 32.1 Å². The summed E-state index contributed by atoms with van der Waals surface area (Å²) >= 11 is 3.43. The van der Waals surface area contributed by atoms with Crippen LogP contribution in [0.4, 0.5) is 20.8 Å². The number of benzene rings is 2. The zero-order chi connectivity index (χ0) is 18.1. The van der Waals surface area contributed by atoms with Crippen LogP contribution in [0.5, 0.6) is 0 Å². The lowest BCUT2D eigenvalue weighted by atomic mass is 9.98. The molecule has 3 aromatic rings. The predicted molar refractivity (Wildman–Crippen MR) is 108 cm³/mol. The van der Waals surface area contributed by atoms with E-state index < -0.39 is 5.82 Å². The van der Waals surface area contributed by atoms with Gasteiger partial charge in [0.1, 0.15) is 11.1 Å². The molecule has 0 aliphatic heterocycles. The van der Waals surface area contributed by atoms with Gasteiger partial charge in [-0.2, -0.15) is 5.26 Å². The molecule has 0 unspecified atom stereocenters. The molecule has 1 amide bonds. The number of nitrogens with one attached hydrogen (secondary N) is 2. The SMILES string of the molecule is CNc1sc2cccc(-c3c(I)cc(NC=O)c(N)c3F)c2c1C#N. The first-order valence-electron chi connectivity index (χ1n) is 7.14. The molecule has 1 aromatic heterocycles. The number of carbonyl (C=O) groups excluding carboxylic acids is 1. The summed E-state index contributed by atoms with van der Waals surface area (Å²) < 4.78 is 16.5. The first-order valence-corrected chi connectivity index (χ1v) is 9.04. The van der Waals surface area contributed by atoms with Gasteiger partial charge < -0.3 is 16.4 Å². The number of rotatable bonds is 4. The maximum Gasteiger partial charge on any atom is 0.211 e. The summed E-state index contributed by atoms with van der Waals surface area (Å²) in [5, 5.41) is 16.4. The Kier molecular flexibility index (Phi) is 4.78. The number of carbonyl (C=O) groups is 1. The summed E-state index contributed by atoms with van der Waals surface area (Å²) in [5.41, 5.74) is 7.31. The van der Waals surface area contributed by atoms with Crippen LogP contribution in [-0.4, -0.2) is 13.5 Å². The number of nitrogens with two attached hydrogens (primary N) is 1.